The first kappa shape index (κ1) is 23.8. The number of hydrogen-bond acceptors (Lipinski definition) is 5. The van der Waals surface area contributed by atoms with Crippen molar-refractivity contribution in [3.8, 4) is 11.1 Å². The second-order valence-electron chi connectivity index (χ2n) is 8.94. The zero-order chi connectivity index (χ0) is 24.1. The molecule has 0 bridgehead atoms. The standard InChI is InChI=1S/C26H30N2O6/c1-33-15-23(24(29)27-13-17(25(30)31)12-16-10-11-16)28-26(32)34-14-22-20-8-4-2-6-18(20)19-7-3-5-9-21(19)22/h2-9,16-17,22-23H,10-15H2,1H3,(H,27,29)(H,28,32)(H,30,31). The lowest BCUT2D eigenvalue weighted by Gasteiger charge is -2.20. The second-order valence-corrected chi connectivity index (χ2v) is 8.94. The van der Waals surface area contributed by atoms with E-state index in [4.69, 9.17) is 9.47 Å². The van der Waals surface area contributed by atoms with Crippen molar-refractivity contribution in [3.05, 3.63) is 59.7 Å². The van der Waals surface area contributed by atoms with Crippen molar-refractivity contribution in [2.45, 2.75) is 31.2 Å². The Bertz CT molecular complexity index is 1010. The lowest BCUT2D eigenvalue weighted by atomic mass is 9.98. The molecule has 2 aromatic carbocycles. The molecule has 180 valence electrons. The van der Waals surface area contributed by atoms with Crippen LogP contribution in [0.5, 0.6) is 0 Å². The topological polar surface area (TPSA) is 114 Å². The normalized spacial score (nSPS) is 16.1. The Kier molecular flexibility index (Phi) is 7.47. The highest BCUT2D eigenvalue weighted by Gasteiger charge is 2.31. The molecular weight excluding hydrogens is 436 g/mol. The van der Waals surface area contributed by atoms with Gasteiger partial charge < -0.3 is 25.2 Å². The molecule has 2 aliphatic carbocycles. The van der Waals surface area contributed by atoms with Gasteiger partial charge in [0.1, 0.15) is 12.6 Å². The summed E-state index contributed by atoms with van der Waals surface area (Å²) in [5, 5.41) is 14.6. The first-order valence-electron chi connectivity index (χ1n) is 11.6. The van der Waals surface area contributed by atoms with Crippen LogP contribution in [0.25, 0.3) is 11.1 Å². The summed E-state index contributed by atoms with van der Waals surface area (Å²) in [4.78, 5) is 36.7. The number of hydrogen-bond donors (Lipinski definition) is 3. The SMILES string of the molecule is COCC(NC(=O)OCC1c2ccccc2-c2ccccc21)C(=O)NCC(CC1CC1)C(=O)O. The molecule has 0 spiro atoms. The molecule has 0 saturated heterocycles. The lowest BCUT2D eigenvalue weighted by Crippen LogP contribution is -2.50. The van der Waals surface area contributed by atoms with Gasteiger partial charge in [0.25, 0.3) is 0 Å². The predicted octanol–water partition coefficient (Wildman–Crippen LogP) is 3.16. The fourth-order valence-corrected chi connectivity index (χ4v) is 4.51. The van der Waals surface area contributed by atoms with Gasteiger partial charge in [-0.1, -0.05) is 61.4 Å². The van der Waals surface area contributed by atoms with Crippen LogP contribution in [0.3, 0.4) is 0 Å². The monoisotopic (exact) mass is 466 g/mol. The maximum absolute atomic E-state index is 12.6. The molecule has 2 unspecified atom stereocenters. The number of fused-ring (bicyclic) bond motifs is 3. The molecule has 2 amide bonds. The molecule has 0 radical (unpaired) electrons. The number of ether oxygens (including phenoxy) is 2. The van der Waals surface area contributed by atoms with Crippen LogP contribution in [0.1, 0.15) is 36.3 Å². The molecule has 8 nitrogen and oxygen atoms in total. The quantitative estimate of drug-likeness (QED) is 0.469. The van der Waals surface area contributed by atoms with Gasteiger partial charge in [-0.05, 0) is 34.6 Å². The largest absolute Gasteiger partial charge is 0.481 e. The summed E-state index contributed by atoms with van der Waals surface area (Å²) >= 11 is 0. The molecule has 0 heterocycles. The maximum Gasteiger partial charge on any atom is 0.407 e. The van der Waals surface area contributed by atoms with E-state index in [0.717, 1.165) is 35.1 Å². The summed E-state index contributed by atoms with van der Waals surface area (Å²) < 4.78 is 10.6. The molecular formula is C26H30N2O6. The van der Waals surface area contributed by atoms with Crippen LogP contribution in [0.4, 0.5) is 4.79 Å². The van der Waals surface area contributed by atoms with Crippen LogP contribution in [0.2, 0.25) is 0 Å². The smallest absolute Gasteiger partial charge is 0.407 e. The Morgan fingerprint density at radius 2 is 1.65 bits per heavy atom. The van der Waals surface area contributed by atoms with Gasteiger partial charge >= 0.3 is 12.1 Å². The molecule has 0 aromatic heterocycles. The zero-order valence-corrected chi connectivity index (χ0v) is 19.2. The van der Waals surface area contributed by atoms with Gasteiger partial charge in [0.15, 0.2) is 0 Å². The summed E-state index contributed by atoms with van der Waals surface area (Å²) in [5.41, 5.74) is 4.45. The van der Waals surface area contributed by atoms with Gasteiger partial charge in [0.05, 0.1) is 12.5 Å². The number of aliphatic carboxylic acids is 1. The molecule has 3 N–H and O–H groups in total. The predicted molar refractivity (Wildman–Crippen MR) is 125 cm³/mol. The summed E-state index contributed by atoms with van der Waals surface area (Å²) in [6, 6.07) is 15.1. The van der Waals surface area contributed by atoms with E-state index in [9.17, 15) is 19.5 Å². The summed E-state index contributed by atoms with van der Waals surface area (Å²) in [6.45, 7) is 0.0807. The fourth-order valence-electron chi connectivity index (χ4n) is 4.51. The third kappa shape index (κ3) is 5.56. The number of carbonyl (C=O) groups excluding carboxylic acids is 2. The van der Waals surface area contributed by atoms with E-state index in [0.29, 0.717) is 12.3 Å². The molecule has 34 heavy (non-hydrogen) atoms. The van der Waals surface area contributed by atoms with Crippen molar-refractivity contribution in [1.29, 1.82) is 0 Å². The maximum atomic E-state index is 12.6. The lowest BCUT2D eigenvalue weighted by molar-refractivity contribution is -0.142. The first-order chi connectivity index (χ1) is 16.5. The molecule has 2 aromatic rings. The molecule has 1 saturated carbocycles. The van der Waals surface area contributed by atoms with E-state index in [1.807, 2.05) is 36.4 Å². The number of nitrogens with one attached hydrogen (secondary N) is 2. The first-order valence-corrected chi connectivity index (χ1v) is 11.6. The van der Waals surface area contributed by atoms with Crippen LogP contribution in [0.15, 0.2) is 48.5 Å². The van der Waals surface area contributed by atoms with E-state index < -0.39 is 29.9 Å². The van der Waals surface area contributed by atoms with Crippen molar-refractivity contribution in [1.82, 2.24) is 10.6 Å². The number of amides is 2. The minimum Gasteiger partial charge on any atom is -0.481 e. The zero-order valence-electron chi connectivity index (χ0n) is 19.2. The molecule has 2 atom stereocenters. The number of methoxy groups -OCH3 is 1. The number of carboxylic acid groups (broad SMARTS) is 1. The Morgan fingerprint density at radius 1 is 1.03 bits per heavy atom. The Hall–Kier alpha value is -3.39. The number of carboxylic acids is 1. The fraction of sp³-hybridized carbons (Fsp3) is 0.423. The van der Waals surface area contributed by atoms with Crippen molar-refractivity contribution in [3.63, 3.8) is 0 Å². The Labute approximate surface area is 198 Å². The number of benzene rings is 2. The third-order valence-corrected chi connectivity index (χ3v) is 6.47. The Balaban J connectivity index is 1.33. The molecule has 0 aliphatic heterocycles. The van der Waals surface area contributed by atoms with E-state index in [2.05, 4.69) is 22.8 Å². The van der Waals surface area contributed by atoms with Crippen molar-refractivity contribution >= 4 is 18.0 Å². The Morgan fingerprint density at radius 3 is 2.21 bits per heavy atom. The molecule has 2 aliphatic rings. The van der Waals surface area contributed by atoms with Gasteiger partial charge in [0, 0.05) is 19.6 Å². The number of carbonyl (C=O) groups is 3. The molecule has 1 fully saturated rings. The number of alkyl carbamates (subject to hydrolysis) is 1. The van der Waals surface area contributed by atoms with Gasteiger partial charge in [-0.25, -0.2) is 4.79 Å². The molecule has 4 rings (SSSR count). The van der Waals surface area contributed by atoms with Crippen LogP contribution in [0, 0.1) is 11.8 Å². The second kappa shape index (κ2) is 10.7. The van der Waals surface area contributed by atoms with Gasteiger partial charge in [-0.2, -0.15) is 0 Å². The van der Waals surface area contributed by atoms with Crippen LogP contribution >= 0.6 is 0 Å². The van der Waals surface area contributed by atoms with Crippen LogP contribution in [-0.2, 0) is 19.1 Å². The average Bonchev–Trinajstić information content (AvgIpc) is 3.60. The van der Waals surface area contributed by atoms with E-state index in [1.165, 1.54) is 7.11 Å². The minimum absolute atomic E-state index is 0.0112. The highest BCUT2D eigenvalue weighted by atomic mass is 16.5. The minimum atomic E-state index is -0.990. The van der Waals surface area contributed by atoms with Crippen molar-refractivity contribution < 1.29 is 29.0 Å². The average molecular weight is 467 g/mol. The van der Waals surface area contributed by atoms with E-state index >= 15 is 0 Å². The highest BCUT2D eigenvalue weighted by molar-refractivity contribution is 5.86. The van der Waals surface area contributed by atoms with E-state index in [1.54, 1.807) is 0 Å². The van der Waals surface area contributed by atoms with Gasteiger partial charge in [0.2, 0.25) is 5.91 Å². The number of rotatable bonds is 11. The third-order valence-electron chi connectivity index (χ3n) is 6.47. The van der Waals surface area contributed by atoms with Crippen LogP contribution in [-0.4, -0.2) is 56.0 Å². The van der Waals surface area contributed by atoms with Crippen molar-refractivity contribution in [2.24, 2.45) is 11.8 Å². The van der Waals surface area contributed by atoms with Gasteiger partial charge in [-0.3, -0.25) is 9.59 Å². The summed E-state index contributed by atoms with van der Waals surface area (Å²) in [6.07, 6.45) is 1.89. The molecule has 8 heteroatoms. The van der Waals surface area contributed by atoms with E-state index in [-0.39, 0.29) is 25.7 Å². The summed E-state index contributed by atoms with van der Waals surface area (Å²) in [7, 11) is 1.42. The van der Waals surface area contributed by atoms with Crippen LogP contribution < -0.4 is 10.6 Å². The summed E-state index contributed by atoms with van der Waals surface area (Å²) in [5.74, 6) is -1.75. The van der Waals surface area contributed by atoms with Gasteiger partial charge in [-0.15, -0.1) is 0 Å². The van der Waals surface area contributed by atoms with Crippen molar-refractivity contribution in [2.75, 3.05) is 26.9 Å². The highest BCUT2D eigenvalue weighted by Crippen LogP contribution is 2.44.